The van der Waals surface area contributed by atoms with Crippen LogP contribution in [-0.4, -0.2) is 65.9 Å². The number of hydroxylamine groups is 2. The number of amides is 2. The molecule has 4 rings (SSSR count). The Labute approximate surface area is 134 Å². The highest BCUT2D eigenvalue weighted by Crippen LogP contribution is 2.43. The minimum absolute atomic E-state index is 0.110. The summed E-state index contributed by atoms with van der Waals surface area (Å²) in [6.45, 7) is 2.16. The number of carbonyl (C=O) groups excluding carboxylic acids is 2. The van der Waals surface area contributed by atoms with Gasteiger partial charge in [-0.25, -0.2) is 9.45 Å². The SMILES string of the molecule is O=C([C@@H]1C[C@@H]2CCN(C(=O)C3(F)CC3)C[C@H]2O1)N1CCCCO1. The number of hydrogen-bond acceptors (Lipinski definition) is 4. The highest BCUT2D eigenvalue weighted by molar-refractivity contribution is 5.88. The third-order valence-electron chi connectivity index (χ3n) is 5.44. The van der Waals surface area contributed by atoms with Gasteiger partial charge in [0.05, 0.1) is 12.7 Å². The van der Waals surface area contributed by atoms with Crippen molar-refractivity contribution in [3.8, 4) is 0 Å². The molecule has 0 radical (unpaired) electrons. The van der Waals surface area contributed by atoms with Crippen molar-refractivity contribution in [3.63, 3.8) is 0 Å². The zero-order chi connectivity index (χ0) is 16.0. The standard InChI is InChI=1S/C16H23FN2O4/c17-16(4-5-16)15(21)18-7-3-11-9-12(23-13(11)10-18)14(20)19-6-1-2-8-22-19/h11-13H,1-10H2/t11-,12-,13+/m0/s1. The first-order valence-electron chi connectivity index (χ1n) is 8.65. The highest BCUT2D eigenvalue weighted by atomic mass is 19.1. The maximum Gasteiger partial charge on any atom is 0.275 e. The molecule has 1 saturated carbocycles. The summed E-state index contributed by atoms with van der Waals surface area (Å²) in [5, 5.41) is 1.43. The summed E-state index contributed by atoms with van der Waals surface area (Å²) in [6.07, 6.45) is 3.40. The van der Waals surface area contributed by atoms with Gasteiger partial charge in [0, 0.05) is 19.6 Å². The summed E-state index contributed by atoms with van der Waals surface area (Å²) in [7, 11) is 0. The van der Waals surface area contributed by atoms with Crippen LogP contribution in [0.5, 0.6) is 0 Å². The number of nitrogens with zero attached hydrogens (tertiary/aromatic N) is 2. The molecule has 0 N–H and O–H groups in total. The fraction of sp³-hybridized carbons (Fsp3) is 0.875. The van der Waals surface area contributed by atoms with Crippen molar-refractivity contribution in [2.45, 2.75) is 56.4 Å². The molecule has 4 fully saturated rings. The molecular weight excluding hydrogens is 303 g/mol. The number of likely N-dealkylation sites (tertiary alicyclic amines) is 1. The van der Waals surface area contributed by atoms with Crippen LogP contribution in [0.1, 0.15) is 38.5 Å². The Morgan fingerprint density at radius 2 is 2.00 bits per heavy atom. The van der Waals surface area contributed by atoms with Crippen LogP contribution < -0.4 is 0 Å². The summed E-state index contributed by atoms with van der Waals surface area (Å²) in [5.74, 6) is -0.234. The zero-order valence-corrected chi connectivity index (χ0v) is 13.2. The molecule has 0 unspecified atom stereocenters. The second-order valence-electron chi connectivity index (χ2n) is 7.14. The van der Waals surface area contributed by atoms with Gasteiger partial charge in [0.1, 0.15) is 6.10 Å². The molecule has 0 bridgehead atoms. The lowest BCUT2D eigenvalue weighted by molar-refractivity contribution is -0.206. The van der Waals surface area contributed by atoms with Gasteiger partial charge in [0.15, 0.2) is 5.67 Å². The summed E-state index contributed by atoms with van der Waals surface area (Å²) < 4.78 is 19.9. The largest absolute Gasteiger partial charge is 0.363 e. The first-order chi connectivity index (χ1) is 11.1. The van der Waals surface area contributed by atoms with Crippen molar-refractivity contribution < 1.29 is 23.6 Å². The number of ether oxygens (including phenoxy) is 1. The highest BCUT2D eigenvalue weighted by Gasteiger charge is 2.54. The normalized spacial score (nSPS) is 35.8. The molecule has 2 amide bonds. The first kappa shape index (κ1) is 15.3. The van der Waals surface area contributed by atoms with E-state index in [1.165, 1.54) is 5.06 Å². The summed E-state index contributed by atoms with van der Waals surface area (Å²) in [4.78, 5) is 31.6. The second-order valence-corrected chi connectivity index (χ2v) is 7.14. The number of carbonyl (C=O) groups is 2. The smallest absolute Gasteiger partial charge is 0.275 e. The average Bonchev–Trinajstić information content (AvgIpc) is 3.20. The van der Waals surface area contributed by atoms with Gasteiger partial charge >= 0.3 is 0 Å². The predicted octanol–water partition coefficient (Wildman–Crippen LogP) is 1.05. The number of piperidine rings is 1. The Kier molecular flexibility index (Phi) is 3.80. The van der Waals surface area contributed by atoms with E-state index in [0.717, 1.165) is 19.3 Å². The Bertz CT molecular complexity index is 504. The molecule has 7 heteroatoms. The molecule has 23 heavy (non-hydrogen) atoms. The van der Waals surface area contributed by atoms with E-state index in [1.807, 2.05) is 0 Å². The van der Waals surface area contributed by atoms with E-state index in [9.17, 15) is 14.0 Å². The van der Waals surface area contributed by atoms with Crippen LogP contribution in [0.15, 0.2) is 0 Å². The van der Waals surface area contributed by atoms with Crippen LogP contribution in [0.25, 0.3) is 0 Å². The maximum atomic E-state index is 14.0. The second kappa shape index (κ2) is 5.70. The number of rotatable bonds is 2. The van der Waals surface area contributed by atoms with E-state index in [4.69, 9.17) is 9.57 Å². The van der Waals surface area contributed by atoms with E-state index in [-0.39, 0.29) is 17.9 Å². The zero-order valence-electron chi connectivity index (χ0n) is 13.2. The molecule has 3 heterocycles. The van der Waals surface area contributed by atoms with E-state index in [2.05, 4.69) is 0 Å². The van der Waals surface area contributed by atoms with Crippen molar-refractivity contribution in [2.24, 2.45) is 5.92 Å². The summed E-state index contributed by atoms with van der Waals surface area (Å²) in [5.41, 5.74) is -1.62. The van der Waals surface area contributed by atoms with Crippen LogP contribution in [0.2, 0.25) is 0 Å². The maximum absolute atomic E-state index is 14.0. The Hall–Kier alpha value is -1.21. The van der Waals surface area contributed by atoms with Gasteiger partial charge < -0.3 is 9.64 Å². The molecule has 0 aromatic carbocycles. The molecular formula is C16H23FN2O4. The lowest BCUT2D eigenvalue weighted by Gasteiger charge is -2.34. The number of hydrogen-bond donors (Lipinski definition) is 0. The van der Waals surface area contributed by atoms with Crippen molar-refractivity contribution in [1.82, 2.24) is 9.96 Å². The molecule has 3 saturated heterocycles. The van der Waals surface area contributed by atoms with Crippen LogP contribution in [0.4, 0.5) is 4.39 Å². The van der Waals surface area contributed by atoms with Crippen LogP contribution in [0.3, 0.4) is 0 Å². The number of alkyl halides is 1. The third kappa shape index (κ3) is 2.85. The van der Waals surface area contributed by atoms with Crippen molar-refractivity contribution in [3.05, 3.63) is 0 Å². The van der Waals surface area contributed by atoms with Crippen LogP contribution >= 0.6 is 0 Å². The molecule has 128 valence electrons. The molecule has 3 aliphatic heterocycles. The quantitative estimate of drug-likeness (QED) is 0.761. The van der Waals surface area contributed by atoms with Gasteiger partial charge in [-0.15, -0.1) is 0 Å². The monoisotopic (exact) mass is 326 g/mol. The first-order valence-corrected chi connectivity index (χ1v) is 8.65. The van der Waals surface area contributed by atoms with Gasteiger partial charge in [-0.1, -0.05) is 0 Å². The van der Waals surface area contributed by atoms with E-state index in [0.29, 0.717) is 45.5 Å². The topological polar surface area (TPSA) is 59.1 Å². The molecule has 1 aliphatic carbocycles. The molecule has 0 aromatic rings. The minimum Gasteiger partial charge on any atom is -0.363 e. The summed E-state index contributed by atoms with van der Waals surface area (Å²) in [6, 6.07) is 0. The predicted molar refractivity (Wildman–Crippen MR) is 77.9 cm³/mol. The Morgan fingerprint density at radius 3 is 2.70 bits per heavy atom. The fourth-order valence-corrected chi connectivity index (χ4v) is 3.81. The van der Waals surface area contributed by atoms with Crippen molar-refractivity contribution in [2.75, 3.05) is 26.2 Å². The lowest BCUT2D eigenvalue weighted by Crippen LogP contribution is -2.49. The van der Waals surface area contributed by atoms with Gasteiger partial charge in [0.25, 0.3) is 11.8 Å². The number of halogens is 1. The molecule has 0 spiro atoms. The number of fused-ring (bicyclic) bond motifs is 1. The fourth-order valence-electron chi connectivity index (χ4n) is 3.81. The van der Waals surface area contributed by atoms with Gasteiger partial charge in [0.2, 0.25) is 0 Å². The van der Waals surface area contributed by atoms with Crippen LogP contribution in [0, 0.1) is 5.92 Å². The van der Waals surface area contributed by atoms with Gasteiger partial charge in [-0.05, 0) is 44.4 Å². The molecule has 6 nitrogen and oxygen atoms in total. The lowest BCUT2D eigenvalue weighted by atomic mass is 9.91. The van der Waals surface area contributed by atoms with Crippen molar-refractivity contribution in [1.29, 1.82) is 0 Å². The molecule has 4 aliphatic rings. The molecule has 3 atom stereocenters. The van der Waals surface area contributed by atoms with Crippen LogP contribution in [-0.2, 0) is 19.2 Å². The van der Waals surface area contributed by atoms with E-state index >= 15 is 0 Å². The Morgan fingerprint density at radius 1 is 1.17 bits per heavy atom. The van der Waals surface area contributed by atoms with Gasteiger partial charge in [-0.3, -0.25) is 14.4 Å². The third-order valence-corrected chi connectivity index (χ3v) is 5.44. The summed E-state index contributed by atoms with van der Waals surface area (Å²) >= 11 is 0. The molecule has 0 aromatic heterocycles. The minimum atomic E-state index is -1.62. The Balaban J connectivity index is 1.36. The van der Waals surface area contributed by atoms with E-state index in [1.54, 1.807) is 4.90 Å². The average molecular weight is 326 g/mol. The van der Waals surface area contributed by atoms with E-state index < -0.39 is 17.7 Å². The van der Waals surface area contributed by atoms with Gasteiger partial charge in [-0.2, -0.15) is 0 Å². The van der Waals surface area contributed by atoms with Crippen molar-refractivity contribution >= 4 is 11.8 Å².